The Bertz CT molecular complexity index is 496. The monoisotopic (exact) mass is 242 g/mol. The summed E-state index contributed by atoms with van der Waals surface area (Å²) in [6, 6.07) is 1.72. The Balaban J connectivity index is 0.000000845. The molecule has 0 aliphatic rings. The topological polar surface area (TPSA) is 30.2 Å². The first-order valence-electron chi connectivity index (χ1n) is 3.09. The van der Waals surface area contributed by atoms with E-state index in [2.05, 4.69) is 12.6 Å². The van der Waals surface area contributed by atoms with Gasteiger partial charge in [-0.3, -0.25) is 4.79 Å². The van der Waals surface area contributed by atoms with E-state index in [0.29, 0.717) is 9.79 Å². The molecule has 2 aromatic heterocycles. The number of hydrogen-bond acceptors (Lipinski definition) is 4. The number of fused-ring (bicyclic) bond motifs is 1. The second-order valence-corrected chi connectivity index (χ2v) is 4.34. The van der Waals surface area contributed by atoms with Crippen LogP contribution in [-0.2, 0) is 0 Å². The standard InChI is InChI=1S/C7H3ClO2S2.Na.H/c8-4-5(9)6-3(1-2-10-6)12-7(4)11;;/h1-2,11H;;/q;+1;-1. The molecule has 0 N–H and O–H groups in total. The Hall–Kier alpha value is 0.550. The van der Waals surface area contributed by atoms with E-state index < -0.39 is 0 Å². The normalized spacial score (nSPS) is 10.0. The predicted octanol–water partition coefficient (Wildman–Crippen LogP) is -0.0869. The van der Waals surface area contributed by atoms with Crippen molar-refractivity contribution < 1.29 is 35.4 Å². The molecule has 2 heterocycles. The molecule has 0 radical (unpaired) electrons. The summed E-state index contributed by atoms with van der Waals surface area (Å²) < 4.78 is 6.26. The van der Waals surface area contributed by atoms with Crippen molar-refractivity contribution in [2.24, 2.45) is 0 Å². The molecule has 2 nitrogen and oxygen atoms in total. The average Bonchev–Trinajstić information content (AvgIpc) is 2.48. The van der Waals surface area contributed by atoms with Crippen LogP contribution < -0.4 is 35.0 Å². The minimum atomic E-state index is -0.291. The molecule has 6 heteroatoms. The molecule has 0 unspecified atom stereocenters. The van der Waals surface area contributed by atoms with Crippen molar-refractivity contribution in [1.82, 2.24) is 0 Å². The van der Waals surface area contributed by atoms with Crippen LogP contribution in [0.15, 0.2) is 25.8 Å². The molecular weight excluding hydrogens is 239 g/mol. The van der Waals surface area contributed by atoms with E-state index in [0.717, 1.165) is 4.70 Å². The van der Waals surface area contributed by atoms with Gasteiger partial charge in [0.1, 0.15) is 5.02 Å². The van der Waals surface area contributed by atoms with Gasteiger partial charge < -0.3 is 5.84 Å². The van der Waals surface area contributed by atoms with Crippen LogP contribution in [0.5, 0.6) is 0 Å². The predicted molar refractivity (Wildman–Crippen MR) is 53.7 cm³/mol. The molecule has 0 aliphatic heterocycles. The van der Waals surface area contributed by atoms with Gasteiger partial charge in [0.25, 0.3) is 0 Å². The molecular formula is C7H4ClNaO2S2. The van der Waals surface area contributed by atoms with Crippen LogP contribution in [0.2, 0.25) is 5.02 Å². The SMILES string of the molecule is O=c1c(Cl)c(S)sc2ccoc12.[H-].[Na+]. The molecule has 0 fully saturated rings. The summed E-state index contributed by atoms with van der Waals surface area (Å²) in [5, 5.41) is 0.130. The molecule has 0 spiro atoms. The van der Waals surface area contributed by atoms with Crippen molar-refractivity contribution in [3.63, 3.8) is 0 Å². The first-order valence-corrected chi connectivity index (χ1v) is 4.73. The Morgan fingerprint density at radius 3 is 3.00 bits per heavy atom. The van der Waals surface area contributed by atoms with Gasteiger partial charge in [-0.05, 0) is 6.07 Å². The van der Waals surface area contributed by atoms with Crippen LogP contribution >= 0.6 is 35.6 Å². The summed E-state index contributed by atoms with van der Waals surface area (Å²) in [6.45, 7) is 0. The summed E-state index contributed by atoms with van der Waals surface area (Å²) >= 11 is 11.1. The fourth-order valence-electron chi connectivity index (χ4n) is 0.889. The maximum absolute atomic E-state index is 11.3. The van der Waals surface area contributed by atoms with Crippen molar-refractivity contribution in [3.05, 3.63) is 27.6 Å². The quantitative estimate of drug-likeness (QED) is 0.517. The van der Waals surface area contributed by atoms with Gasteiger partial charge in [0.05, 0.1) is 15.2 Å². The van der Waals surface area contributed by atoms with E-state index >= 15 is 0 Å². The summed E-state index contributed by atoms with van der Waals surface area (Å²) in [4.78, 5) is 11.3. The maximum atomic E-state index is 11.3. The molecule has 13 heavy (non-hydrogen) atoms. The van der Waals surface area contributed by atoms with Gasteiger partial charge in [0, 0.05) is 0 Å². The third kappa shape index (κ3) is 1.98. The molecule has 2 rings (SSSR count). The Kier molecular flexibility index (Phi) is 3.92. The number of rotatable bonds is 0. The minimum absolute atomic E-state index is 0. The summed E-state index contributed by atoms with van der Waals surface area (Å²) in [5.74, 6) is 0. The Labute approximate surface area is 112 Å². The molecule has 0 aliphatic carbocycles. The number of halogens is 1. The van der Waals surface area contributed by atoms with Gasteiger partial charge in [-0.2, -0.15) is 0 Å². The van der Waals surface area contributed by atoms with Crippen LogP contribution in [-0.4, -0.2) is 0 Å². The van der Waals surface area contributed by atoms with Crippen LogP contribution in [0.4, 0.5) is 0 Å². The van der Waals surface area contributed by atoms with Gasteiger partial charge >= 0.3 is 29.6 Å². The number of thiol groups is 1. The zero-order valence-corrected chi connectivity index (χ0v) is 11.2. The number of hydrogen-bond donors (Lipinski definition) is 1. The van der Waals surface area contributed by atoms with Gasteiger partial charge in [-0.15, -0.1) is 24.0 Å². The summed E-state index contributed by atoms with van der Waals surface area (Å²) in [7, 11) is 0. The molecule has 2 aromatic rings. The first kappa shape index (κ1) is 11.6. The van der Waals surface area contributed by atoms with Crippen molar-refractivity contribution >= 4 is 45.8 Å². The molecule has 0 saturated heterocycles. The van der Waals surface area contributed by atoms with Gasteiger partial charge in [-0.1, -0.05) is 11.6 Å². The van der Waals surface area contributed by atoms with Crippen molar-refractivity contribution in [2.75, 3.05) is 0 Å². The largest absolute Gasteiger partial charge is 1.00 e. The second-order valence-electron chi connectivity index (χ2n) is 2.16. The van der Waals surface area contributed by atoms with Gasteiger partial charge in [-0.25, -0.2) is 0 Å². The van der Waals surface area contributed by atoms with E-state index in [1.54, 1.807) is 6.07 Å². The third-order valence-corrected chi connectivity index (χ3v) is 3.47. The van der Waals surface area contributed by atoms with E-state index in [9.17, 15) is 4.79 Å². The Morgan fingerprint density at radius 2 is 2.31 bits per heavy atom. The molecule has 0 aromatic carbocycles. The molecule has 0 bridgehead atoms. The van der Waals surface area contributed by atoms with Gasteiger partial charge in [0.15, 0.2) is 5.58 Å². The molecule has 64 valence electrons. The Morgan fingerprint density at radius 1 is 1.62 bits per heavy atom. The van der Waals surface area contributed by atoms with Crippen molar-refractivity contribution in [1.29, 1.82) is 0 Å². The summed E-state index contributed by atoms with van der Waals surface area (Å²) in [6.07, 6.45) is 1.46. The zero-order valence-electron chi connectivity index (χ0n) is 7.70. The minimum Gasteiger partial charge on any atom is -1.00 e. The van der Waals surface area contributed by atoms with Crippen molar-refractivity contribution in [3.8, 4) is 0 Å². The summed E-state index contributed by atoms with van der Waals surface area (Å²) in [5.41, 5.74) is 0.0169. The second kappa shape index (κ2) is 4.38. The van der Waals surface area contributed by atoms with E-state index in [1.165, 1.54) is 17.6 Å². The smallest absolute Gasteiger partial charge is 1.00 e. The molecule has 0 saturated carbocycles. The van der Waals surface area contributed by atoms with Crippen molar-refractivity contribution in [2.45, 2.75) is 4.21 Å². The third-order valence-electron chi connectivity index (χ3n) is 1.43. The van der Waals surface area contributed by atoms with Crippen LogP contribution in [0.3, 0.4) is 0 Å². The van der Waals surface area contributed by atoms with Crippen LogP contribution in [0.25, 0.3) is 10.3 Å². The molecule has 0 atom stereocenters. The number of furan rings is 1. The van der Waals surface area contributed by atoms with E-state index in [-0.39, 0.29) is 41.4 Å². The molecule has 0 amide bonds. The fourth-order valence-corrected chi connectivity index (χ4v) is 2.24. The van der Waals surface area contributed by atoms with Gasteiger partial charge in [0.2, 0.25) is 5.43 Å². The van der Waals surface area contributed by atoms with Crippen LogP contribution in [0.1, 0.15) is 1.43 Å². The van der Waals surface area contributed by atoms with Crippen LogP contribution in [0, 0.1) is 0 Å². The van der Waals surface area contributed by atoms with E-state index in [1.807, 2.05) is 0 Å². The zero-order chi connectivity index (χ0) is 8.72. The maximum Gasteiger partial charge on any atom is 1.00 e. The van der Waals surface area contributed by atoms with E-state index in [4.69, 9.17) is 16.0 Å². The fraction of sp³-hybridized carbons (Fsp3) is 0. The average molecular weight is 243 g/mol. The first-order chi connectivity index (χ1) is 5.70.